The normalized spacial score (nSPS) is 10.2. The van der Waals surface area contributed by atoms with E-state index in [2.05, 4.69) is 5.32 Å². The number of amides is 1. The minimum absolute atomic E-state index is 0.211. The van der Waals surface area contributed by atoms with Crippen LogP contribution in [0.1, 0.15) is 32.6 Å². The fourth-order valence-electron chi connectivity index (χ4n) is 2.33. The number of nitrogens with one attached hydrogen (secondary N) is 1. The van der Waals surface area contributed by atoms with E-state index in [9.17, 15) is 9.59 Å². The molecule has 23 heavy (non-hydrogen) atoms. The molecule has 2 aromatic carbocycles. The van der Waals surface area contributed by atoms with Gasteiger partial charge in [-0.3, -0.25) is 0 Å². The third-order valence-corrected chi connectivity index (χ3v) is 3.57. The van der Waals surface area contributed by atoms with Crippen LogP contribution in [0.25, 0.3) is 0 Å². The van der Waals surface area contributed by atoms with E-state index in [1.54, 1.807) is 12.1 Å². The Morgan fingerprint density at radius 2 is 1.70 bits per heavy atom. The molecule has 0 spiro atoms. The van der Waals surface area contributed by atoms with Gasteiger partial charge in [0.25, 0.3) is 0 Å². The van der Waals surface area contributed by atoms with Crippen LogP contribution in [0.4, 0.5) is 4.79 Å². The summed E-state index contributed by atoms with van der Waals surface area (Å²) >= 11 is 0. The molecule has 0 aliphatic rings. The number of ether oxygens (including phenoxy) is 1. The molecule has 5 nitrogen and oxygen atoms in total. The number of carbonyl (C=O) groups excluding carboxylic acids is 1. The number of hydrogen-bond acceptors (Lipinski definition) is 3. The predicted octanol–water partition coefficient (Wildman–Crippen LogP) is 3.43. The number of carboxylic acids is 1. The molecule has 2 rings (SSSR count). The van der Waals surface area contributed by atoms with Crippen LogP contribution in [0, 0.1) is 13.8 Å². The predicted molar refractivity (Wildman–Crippen MR) is 86.3 cm³/mol. The van der Waals surface area contributed by atoms with Gasteiger partial charge in [0.1, 0.15) is 6.61 Å². The summed E-state index contributed by atoms with van der Waals surface area (Å²) in [7, 11) is 0. The molecule has 120 valence electrons. The third-order valence-electron chi connectivity index (χ3n) is 3.57. The summed E-state index contributed by atoms with van der Waals surface area (Å²) < 4.78 is 5.15. The molecule has 0 unspecified atom stereocenters. The van der Waals surface area contributed by atoms with Crippen LogP contribution >= 0.6 is 0 Å². The van der Waals surface area contributed by atoms with E-state index < -0.39 is 12.1 Å². The zero-order valence-corrected chi connectivity index (χ0v) is 13.1. The van der Waals surface area contributed by atoms with Crippen LogP contribution in [0.3, 0.4) is 0 Å². The highest BCUT2D eigenvalue weighted by Crippen LogP contribution is 2.17. The molecule has 0 aromatic heterocycles. The van der Waals surface area contributed by atoms with Crippen LogP contribution < -0.4 is 5.32 Å². The second kappa shape index (κ2) is 7.45. The van der Waals surface area contributed by atoms with Crippen molar-refractivity contribution in [2.75, 3.05) is 0 Å². The van der Waals surface area contributed by atoms with Crippen molar-refractivity contribution in [3.8, 4) is 0 Å². The van der Waals surface area contributed by atoms with Crippen molar-refractivity contribution in [2.45, 2.75) is 27.0 Å². The van der Waals surface area contributed by atoms with Crippen molar-refractivity contribution in [1.82, 2.24) is 5.32 Å². The summed E-state index contributed by atoms with van der Waals surface area (Å²) in [5, 5.41) is 11.7. The van der Waals surface area contributed by atoms with Gasteiger partial charge >= 0.3 is 12.1 Å². The zero-order valence-electron chi connectivity index (χ0n) is 13.1. The lowest BCUT2D eigenvalue weighted by atomic mass is 9.99. The Bertz CT molecular complexity index is 687. The highest BCUT2D eigenvalue weighted by molar-refractivity contribution is 5.88. The van der Waals surface area contributed by atoms with Gasteiger partial charge in [0.2, 0.25) is 0 Å². The summed E-state index contributed by atoms with van der Waals surface area (Å²) in [5.41, 5.74) is 3.71. The number of aryl methyl sites for hydroxylation is 2. The Morgan fingerprint density at radius 3 is 2.26 bits per heavy atom. The highest BCUT2D eigenvalue weighted by Gasteiger charge is 2.11. The van der Waals surface area contributed by atoms with Crippen LogP contribution in [0.5, 0.6) is 0 Å². The van der Waals surface area contributed by atoms with Crippen LogP contribution in [-0.4, -0.2) is 17.2 Å². The van der Waals surface area contributed by atoms with Crippen molar-refractivity contribution in [2.24, 2.45) is 0 Å². The minimum atomic E-state index is -0.960. The molecule has 0 atom stereocenters. The van der Waals surface area contributed by atoms with Gasteiger partial charge in [0, 0.05) is 6.54 Å². The van der Waals surface area contributed by atoms with E-state index in [-0.39, 0.29) is 12.2 Å². The molecule has 0 bridgehead atoms. The fourth-order valence-corrected chi connectivity index (χ4v) is 2.33. The first-order valence-corrected chi connectivity index (χ1v) is 7.25. The smallest absolute Gasteiger partial charge is 0.407 e. The Hall–Kier alpha value is -2.82. The van der Waals surface area contributed by atoms with Crippen molar-refractivity contribution >= 4 is 12.1 Å². The molecule has 0 heterocycles. The Labute approximate surface area is 134 Å². The van der Waals surface area contributed by atoms with E-state index >= 15 is 0 Å². The molecule has 0 radical (unpaired) electrons. The first-order chi connectivity index (χ1) is 11.0. The number of rotatable bonds is 5. The first-order valence-electron chi connectivity index (χ1n) is 7.25. The van der Waals surface area contributed by atoms with E-state index in [4.69, 9.17) is 9.84 Å². The standard InChI is InChI=1S/C18H19NO4/c1-12-8-15(17(20)21)9-13(2)16(12)10-19-18(22)23-11-14-6-4-3-5-7-14/h3-9H,10-11H2,1-2H3,(H,19,22)(H,20,21). The molecule has 0 aliphatic carbocycles. The largest absolute Gasteiger partial charge is 0.478 e. The van der Waals surface area contributed by atoms with Gasteiger partial charge < -0.3 is 15.2 Å². The lowest BCUT2D eigenvalue weighted by Crippen LogP contribution is -2.24. The van der Waals surface area contributed by atoms with Gasteiger partial charge in [0.05, 0.1) is 5.56 Å². The Kier molecular flexibility index (Phi) is 5.36. The molecular weight excluding hydrogens is 294 g/mol. The van der Waals surface area contributed by atoms with Gasteiger partial charge in [-0.15, -0.1) is 0 Å². The Morgan fingerprint density at radius 1 is 1.09 bits per heavy atom. The van der Waals surface area contributed by atoms with Gasteiger partial charge in [-0.1, -0.05) is 30.3 Å². The monoisotopic (exact) mass is 313 g/mol. The maximum absolute atomic E-state index is 11.8. The quantitative estimate of drug-likeness (QED) is 0.886. The summed E-state index contributed by atoms with van der Waals surface area (Å²) in [6, 6.07) is 12.6. The molecule has 1 amide bonds. The maximum Gasteiger partial charge on any atom is 0.407 e. The molecular formula is C18H19NO4. The second-order valence-electron chi connectivity index (χ2n) is 5.31. The molecule has 0 aliphatic heterocycles. The van der Waals surface area contributed by atoms with Gasteiger partial charge in [0.15, 0.2) is 0 Å². The van der Waals surface area contributed by atoms with Gasteiger partial charge in [-0.05, 0) is 48.2 Å². The number of hydrogen-bond donors (Lipinski definition) is 2. The maximum atomic E-state index is 11.8. The number of carbonyl (C=O) groups is 2. The Balaban J connectivity index is 1.93. The van der Waals surface area contributed by atoms with Crippen LogP contribution in [-0.2, 0) is 17.9 Å². The topological polar surface area (TPSA) is 75.6 Å². The molecule has 2 aromatic rings. The van der Waals surface area contributed by atoms with Crippen molar-refractivity contribution < 1.29 is 19.4 Å². The average Bonchev–Trinajstić information content (AvgIpc) is 2.52. The van der Waals surface area contributed by atoms with Crippen LogP contribution in [0.2, 0.25) is 0 Å². The van der Waals surface area contributed by atoms with Crippen molar-refractivity contribution in [3.63, 3.8) is 0 Å². The number of carboxylic acid groups (broad SMARTS) is 1. The summed E-state index contributed by atoms with van der Waals surface area (Å²) in [6.07, 6.45) is -0.505. The van der Waals surface area contributed by atoms with E-state index in [0.29, 0.717) is 6.54 Å². The lowest BCUT2D eigenvalue weighted by Gasteiger charge is -2.12. The highest BCUT2D eigenvalue weighted by atomic mass is 16.5. The van der Waals surface area contributed by atoms with E-state index in [0.717, 1.165) is 22.3 Å². The van der Waals surface area contributed by atoms with Crippen molar-refractivity contribution in [1.29, 1.82) is 0 Å². The molecule has 0 fully saturated rings. The lowest BCUT2D eigenvalue weighted by molar-refractivity contribution is 0.0696. The molecule has 5 heteroatoms. The molecule has 0 saturated heterocycles. The zero-order chi connectivity index (χ0) is 16.8. The van der Waals surface area contributed by atoms with Crippen molar-refractivity contribution in [3.05, 3.63) is 70.3 Å². The summed E-state index contributed by atoms with van der Waals surface area (Å²) in [6.45, 7) is 4.16. The number of benzene rings is 2. The second-order valence-corrected chi connectivity index (χ2v) is 5.31. The molecule has 0 saturated carbocycles. The van der Waals surface area contributed by atoms with Gasteiger partial charge in [-0.2, -0.15) is 0 Å². The van der Waals surface area contributed by atoms with E-state index in [1.807, 2.05) is 44.2 Å². The van der Waals surface area contributed by atoms with E-state index in [1.165, 1.54) is 0 Å². The molecule has 2 N–H and O–H groups in total. The summed E-state index contributed by atoms with van der Waals surface area (Å²) in [4.78, 5) is 22.8. The fraction of sp³-hybridized carbons (Fsp3) is 0.222. The average molecular weight is 313 g/mol. The third kappa shape index (κ3) is 4.57. The van der Waals surface area contributed by atoms with Crippen LogP contribution in [0.15, 0.2) is 42.5 Å². The number of alkyl carbamates (subject to hydrolysis) is 1. The summed E-state index contributed by atoms with van der Waals surface area (Å²) in [5.74, 6) is -0.960. The first kappa shape index (κ1) is 16.5. The SMILES string of the molecule is Cc1cc(C(=O)O)cc(C)c1CNC(=O)OCc1ccccc1. The van der Waals surface area contributed by atoms with Gasteiger partial charge in [-0.25, -0.2) is 9.59 Å². The number of aromatic carboxylic acids is 1. The minimum Gasteiger partial charge on any atom is -0.478 e.